The van der Waals surface area contributed by atoms with E-state index in [4.69, 9.17) is 0 Å². The van der Waals surface area contributed by atoms with Crippen LogP contribution < -0.4 is 10.6 Å². The number of carbonyl (C=O) groups is 1. The van der Waals surface area contributed by atoms with Gasteiger partial charge in [-0.1, -0.05) is 17.8 Å². The van der Waals surface area contributed by atoms with Gasteiger partial charge in [0.1, 0.15) is 10.7 Å². The highest BCUT2D eigenvalue weighted by atomic mass is 32.1. The van der Waals surface area contributed by atoms with Crippen molar-refractivity contribution in [2.24, 2.45) is 0 Å². The molecule has 0 unspecified atom stereocenters. The Labute approximate surface area is 148 Å². The van der Waals surface area contributed by atoms with Crippen LogP contribution in [0.3, 0.4) is 0 Å². The molecular weight excluding hydrogens is 340 g/mol. The van der Waals surface area contributed by atoms with Crippen LogP contribution in [-0.2, 0) is 6.42 Å². The maximum atomic E-state index is 12.1. The first-order chi connectivity index (χ1) is 12.3. The second-order valence-electron chi connectivity index (χ2n) is 5.21. The van der Waals surface area contributed by atoms with Crippen molar-refractivity contribution in [2.75, 3.05) is 18.4 Å². The summed E-state index contributed by atoms with van der Waals surface area (Å²) < 4.78 is 5.49. The molecule has 0 aliphatic carbocycles. The van der Waals surface area contributed by atoms with Crippen LogP contribution in [0.4, 0.5) is 5.82 Å². The average Bonchev–Trinajstić information content (AvgIpc) is 3.31. The Balaban J connectivity index is 1.45. The predicted molar refractivity (Wildman–Crippen MR) is 93.9 cm³/mol. The number of nitrogens with zero attached hydrogens (tertiary/aromatic N) is 6. The summed E-state index contributed by atoms with van der Waals surface area (Å²) in [5, 5.41) is 22.2. The number of nitrogens with one attached hydrogen (secondary N) is 2. The van der Waals surface area contributed by atoms with Gasteiger partial charge in [-0.15, -0.1) is 15.3 Å². The number of carbonyl (C=O) groups excluding carboxylic acids is 1. The van der Waals surface area contributed by atoms with E-state index in [-0.39, 0.29) is 5.91 Å². The van der Waals surface area contributed by atoms with Crippen molar-refractivity contribution in [3.8, 4) is 5.82 Å². The fourth-order valence-electron chi connectivity index (χ4n) is 2.17. The van der Waals surface area contributed by atoms with E-state index in [1.165, 1.54) is 0 Å². The lowest BCUT2D eigenvalue weighted by Crippen LogP contribution is -2.29. The standard InChI is InChI=1S/C15H18N8OS/c1-2-4-11-14(25-22-19-11)15(24)17-9-8-16-12-5-6-13(21-20-12)23-10-3-7-18-23/h3,5-7,10H,2,4,8-9H2,1H3,(H,16,20)(H,17,24). The van der Waals surface area contributed by atoms with Crippen LogP contribution in [0.15, 0.2) is 30.6 Å². The molecule has 0 saturated carbocycles. The van der Waals surface area contributed by atoms with Crippen molar-refractivity contribution >= 4 is 23.3 Å². The van der Waals surface area contributed by atoms with E-state index in [2.05, 4.69) is 35.5 Å². The molecule has 0 saturated heterocycles. The summed E-state index contributed by atoms with van der Waals surface area (Å²) in [6, 6.07) is 5.46. The third kappa shape index (κ3) is 4.35. The topological polar surface area (TPSA) is 111 Å². The van der Waals surface area contributed by atoms with E-state index in [0.717, 1.165) is 30.1 Å². The van der Waals surface area contributed by atoms with Crippen molar-refractivity contribution in [1.29, 1.82) is 0 Å². The van der Waals surface area contributed by atoms with Crippen LogP contribution in [0.1, 0.15) is 28.7 Å². The van der Waals surface area contributed by atoms with Crippen LogP contribution in [-0.4, -0.2) is 48.6 Å². The Morgan fingerprint density at radius 2 is 2.16 bits per heavy atom. The Bertz CT molecular complexity index is 799. The van der Waals surface area contributed by atoms with Gasteiger partial charge >= 0.3 is 0 Å². The minimum Gasteiger partial charge on any atom is -0.367 e. The fraction of sp³-hybridized carbons (Fsp3) is 0.333. The van der Waals surface area contributed by atoms with Crippen LogP contribution in [0.25, 0.3) is 5.82 Å². The van der Waals surface area contributed by atoms with Gasteiger partial charge in [0.15, 0.2) is 5.82 Å². The van der Waals surface area contributed by atoms with Crippen molar-refractivity contribution < 1.29 is 4.79 Å². The molecule has 1 amide bonds. The highest BCUT2D eigenvalue weighted by Crippen LogP contribution is 2.12. The van der Waals surface area contributed by atoms with Gasteiger partial charge in [0.05, 0.1) is 5.69 Å². The van der Waals surface area contributed by atoms with Gasteiger partial charge in [0, 0.05) is 25.5 Å². The van der Waals surface area contributed by atoms with Gasteiger partial charge in [0.2, 0.25) is 0 Å². The van der Waals surface area contributed by atoms with E-state index in [9.17, 15) is 4.79 Å². The second kappa shape index (κ2) is 8.29. The molecule has 3 heterocycles. The number of hydrogen-bond acceptors (Lipinski definition) is 8. The molecule has 3 aromatic rings. The summed E-state index contributed by atoms with van der Waals surface area (Å²) in [6.07, 6.45) is 5.17. The van der Waals surface area contributed by atoms with Crippen LogP contribution in [0.2, 0.25) is 0 Å². The first-order valence-corrected chi connectivity index (χ1v) is 8.72. The van der Waals surface area contributed by atoms with Crippen molar-refractivity contribution in [3.63, 3.8) is 0 Å². The van der Waals surface area contributed by atoms with Crippen LogP contribution >= 0.6 is 11.5 Å². The zero-order valence-electron chi connectivity index (χ0n) is 13.7. The van der Waals surface area contributed by atoms with E-state index < -0.39 is 0 Å². The zero-order valence-corrected chi connectivity index (χ0v) is 14.5. The second-order valence-corrected chi connectivity index (χ2v) is 5.96. The number of aryl methyl sites for hydroxylation is 1. The van der Waals surface area contributed by atoms with Gasteiger partial charge in [-0.05, 0) is 36.2 Å². The van der Waals surface area contributed by atoms with Crippen molar-refractivity contribution in [3.05, 3.63) is 41.2 Å². The van der Waals surface area contributed by atoms with E-state index in [1.807, 2.05) is 25.1 Å². The SMILES string of the molecule is CCCc1nnsc1C(=O)NCCNc1ccc(-n2cccn2)nn1. The fourth-order valence-corrected chi connectivity index (χ4v) is 2.80. The average molecular weight is 358 g/mol. The maximum absolute atomic E-state index is 12.1. The zero-order chi connectivity index (χ0) is 17.5. The normalized spacial score (nSPS) is 10.6. The molecule has 0 radical (unpaired) electrons. The van der Waals surface area contributed by atoms with Crippen molar-refractivity contribution in [1.82, 2.24) is 34.9 Å². The Kier molecular flexibility index (Phi) is 5.62. The number of amides is 1. The van der Waals surface area contributed by atoms with E-state index >= 15 is 0 Å². The Morgan fingerprint density at radius 3 is 2.88 bits per heavy atom. The molecule has 0 fully saturated rings. The minimum absolute atomic E-state index is 0.139. The molecule has 0 bridgehead atoms. The lowest BCUT2D eigenvalue weighted by atomic mass is 10.2. The summed E-state index contributed by atoms with van der Waals surface area (Å²) in [5.74, 6) is 1.14. The molecule has 10 heteroatoms. The number of aromatic nitrogens is 6. The first-order valence-electron chi connectivity index (χ1n) is 7.95. The monoisotopic (exact) mass is 358 g/mol. The number of rotatable bonds is 8. The molecule has 0 atom stereocenters. The lowest BCUT2D eigenvalue weighted by molar-refractivity contribution is 0.0958. The lowest BCUT2D eigenvalue weighted by Gasteiger charge is -2.07. The smallest absolute Gasteiger partial charge is 0.265 e. The predicted octanol–water partition coefficient (Wildman–Crippen LogP) is 1.31. The van der Waals surface area contributed by atoms with Crippen LogP contribution in [0.5, 0.6) is 0 Å². The number of hydrogen-bond donors (Lipinski definition) is 2. The van der Waals surface area contributed by atoms with Gasteiger partial charge in [-0.2, -0.15) is 5.10 Å². The molecule has 0 spiro atoms. The highest BCUT2D eigenvalue weighted by Gasteiger charge is 2.14. The number of anilines is 1. The van der Waals surface area contributed by atoms with Crippen LogP contribution in [0, 0.1) is 0 Å². The molecule has 0 aliphatic rings. The third-order valence-corrected chi connectivity index (χ3v) is 4.12. The molecule has 0 aromatic carbocycles. The minimum atomic E-state index is -0.139. The molecule has 9 nitrogen and oxygen atoms in total. The molecule has 130 valence electrons. The van der Waals surface area contributed by atoms with Gasteiger partial charge in [-0.3, -0.25) is 4.79 Å². The molecule has 3 rings (SSSR count). The Morgan fingerprint density at radius 1 is 1.24 bits per heavy atom. The van der Waals surface area contributed by atoms with E-state index in [0.29, 0.717) is 29.6 Å². The quantitative estimate of drug-likeness (QED) is 0.584. The summed E-state index contributed by atoms with van der Waals surface area (Å²) >= 11 is 1.13. The summed E-state index contributed by atoms with van der Waals surface area (Å²) in [6.45, 7) is 3.05. The molecule has 2 N–H and O–H groups in total. The summed E-state index contributed by atoms with van der Waals surface area (Å²) in [7, 11) is 0. The summed E-state index contributed by atoms with van der Waals surface area (Å²) in [4.78, 5) is 12.7. The van der Waals surface area contributed by atoms with E-state index in [1.54, 1.807) is 17.1 Å². The van der Waals surface area contributed by atoms with Gasteiger partial charge in [0.25, 0.3) is 5.91 Å². The highest BCUT2D eigenvalue weighted by molar-refractivity contribution is 7.08. The van der Waals surface area contributed by atoms with Gasteiger partial charge in [-0.25, -0.2) is 4.68 Å². The Hall–Kier alpha value is -2.88. The third-order valence-electron chi connectivity index (χ3n) is 3.36. The molecule has 3 aromatic heterocycles. The molecular formula is C15H18N8OS. The first kappa shape index (κ1) is 17.0. The largest absolute Gasteiger partial charge is 0.367 e. The molecule has 25 heavy (non-hydrogen) atoms. The van der Waals surface area contributed by atoms with Gasteiger partial charge < -0.3 is 10.6 Å². The van der Waals surface area contributed by atoms with Crippen molar-refractivity contribution in [2.45, 2.75) is 19.8 Å². The summed E-state index contributed by atoms with van der Waals surface area (Å²) in [5.41, 5.74) is 0.762. The maximum Gasteiger partial charge on any atom is 0.265 e. The molecule has 0 aliphatic heterocycles.